The van der Waals surface area contributed by atoms with Gasteiger partial charge >= 0.3 is 0 Å². The molecule has 5 nitrogen and oxygen atoms in total. The van der Waals surface area contributed by atoms with E-state index in [1.165, 1.54) is 0 Å². The van der Waals surface area contributed by atoms with Crippen LogP contribution in [0.1, 0.15) is 31.2 Å². The van der Waals surface area contributed by atoms with Gasteiger partial charge in [-0.2, -0.15) is 0 Å². The summed E-state index contributed by atoms with van der Waals surface area (Å²) in [6.07, 6.45) is 2.48. The minimum atomic E-state index is -0.423. The van der Waals surface area contributed by atoms with Crippen LogP contribution >= 0.6 is 0 Å². The summed E-state index contributed by atoms with van der Waals surface area (Å²) in [5.74, 6) is 0.798. The van der Waals surface area contributed by atoms with E-state index < -0.39 is 5.54 Å². The van der Waals surface area contributed by atoms with Gasteiger partial charge in [-0.1, -0.05) is 6.92 Å². The lowest BCUT2D eigenvalue weighted by Crippen LogP contribution is -2.53. The lowest BCUT2D eigenvalue weighted by molar-refractivity contribution is 0.169. The lowest BCUT2D eigenvalue weighted by atomic mass is 9.90. The smallest absolute Gasteiger partial charge is 0.225 e. The molecule has 1 saturated heterocycles. The van der Waals surface area contributed by atoms with Gasteiger partial charge in [0.15, 0.2) is 0 Å². The Labute approximate surface area is 108 Å². The van der Waals surface area contributed by atoms with Crippen molar-refractivity contribution in [3.8, 4) is 0 Å². The number of anilines is 1. The van der Waals surface area contributed by atoms with Gasteiger partial charge in [-0.15, -0.1) is 0 Å². The lowest BCUT2D eigenvalue weighted by Gasteiger charge is -2.38. The third-order valence-corrected chi connectivity index (χ3v) is 3.61. The van der Waals surface area contributed by atoms with Crippen LogP contribution in [0.3, 0.4) is 0 Å². The average Bonchev–Trinajstić information content (AvgIpc) is 2.39. The molecule has 0 atom stereocenters. The fraction of sp³-hybridized carbons (Fsp3) is 0.692. The van der Waals surface area contributed by atoms with Crippen LogP contribution in [0.2, 0.25) is 0 Å². The van der Waals surface area contributed by atoms with Crippen LogP contribution in [-0.4, -0.2) is 40.3 Å². The first kappa shape index (κ1) is 13.2. The second-order valence-corrected chi connectivity index (χ2v) is 5.16. The largest absolute Gasteiger partial charge is 0.394 e. The number of nitrogens with two attached hydrogens (primary N) is 1. The molecule has 1 aliphatic rings. The van der Waals surface area contributed by atoms with Crippen LogP contribution in [-0.2, 0) is 6.42 Å². The van der Waals surface area contributed by atoms with Crippen molar-refractivity contribution >= 4 is 5.95 Å². The molecule has 0 radical (unpaired) electrons. The quantitative estimate of drug-likeness (QED) is 0.823. The second-order valence-electron chi connectivity index (χ2n) is 5.16. The summed E-state index contributed by atoms with van der Waals surface area (Å²) in [4.78, 5) is 11.2. The number of piperidine rings is 1. The molecule has 1 aromatic rings. The van der Waals surface area contributed by atoms with E-state index in [1.54, 1.807) is 0 Å². The van der Waals surface area contributed by atoms with E-state index in [9.17, 15) is 5.11 Å². The van der Waals surface area contributed by atoms with Crippen LogP contribution in [0.25, 0.3) is 0 Å². The van der Waals surface area contributed by atoms with E-state index in [2.05, 4.69) is 21.8 Å². The van der Waals surface area contributed by atoms with E-state index in [0.29, 0.717) is 0 Å². The topological polar surface area (TPSA) is 75.3 Å². The normalized spacial score (nSPS) is 19.0. The number of aliphatic hydroxyl groups excluding tert-OH is 1. The number of rotatable bonds is 3. The Balaban J connectivity index is 2.12. The Kier molecular flexibility index (Phi) is 3.82. The van der Waals surface area contributed by atoms with Crippen molar-refractivity contribution in [1.82, 2.24) is 9.97 Å². The number of nitrogens with zero attached hydrogens (tertiary/aromatic N) is 3. The van der Waals surface area contributed by atoms with E-state index in [1.807, 2.05) is 13.0 Å². The molecule has 2 rings (SSSR count). The highest BCUT2D eigenvalue weighted by molar-refractivity contribution is 5.33. The summed E-state index contributed by atoms with van der Waals surface area (Å²) in [6.45, 7) is 5.76. The van der Waals surface area contributed by atoms with Gasteiger partial charge in [-0.25, -0.2) is 9.97 Å². The molecule has 0 aliphatic carbocycles. The second kappa shape index (κ2) is 5.20. The number of aliphatic hydroxyl groups is 1. The fourth-order valence-electron chi connectivity index (χ4n) is 2.25. The fourth-order valence-corrected chi connectivity index (χ4v) is 2.25. The number of aryl methyl sites for hydroxylation is 2. The molecule has 3 N–H and O–H groups in total. The minimum absolute atomic E-state index is 0.0513. The molecule has 0 saturated carbocycles. The molecular formula is C13H22N4O. The first-order chi connectivity index (χ1) is 8.56. The van der Waals surface area contributed by atoms with Crippen molar-refractivity contribution in [3.05, 3.63) is 17.5 Å². The van der Waals surface area contributed by atoms with Gasteiger partial charge in [-0.05, 0) is 32.3 Å². The predicted octanol–water partition coefficient (Wildman–Crippen LogP) is 0.637. The van der Waals surface area contributed by atoms with E-state index >= 15 is 0 Å². The molecule has 2 heterocycles. The zero-order valence-corrected chi connectivity index (χ0v) is 11.2. The maximum Gasteiger partial charge on any atom is 0.225 e. The number of hydrogen-bond donors (Lipinski definition) is 2. The van der Waals surface area contributed by atoms with E-state index in [-0.39, 0.29) is 6.61 Å². The van der Waals surface area contributed by atoms with E-state index in [0.717, 1.165) is 49.7 Å². The number of aromatic nitrogens is 2. The van der Waals surface area contributed by atoms with Crippen molar-refractivity contribution in [2.45, 2.75) is 38.6 Å². The third-order valence-electron chi connectivity index (χ3n) is 3.61. The molecule has 5 heteroatoms. The number of hydrogen-bond acceptors (Lipinski definition) is 5. The first-order valence-electron chi connectivity index (χ1n) is 6.55. The van der Waals surface area contributed by atoms with Gasteiger partial charge in [0.1, 0.15) is 0 Å². The van der Waals surface area contributed by atoms with Gasteiger partial charge in [0.25, 0.3) is 0 Å². The summed E-state index contributed by atoms with van der Waals surface area (Å²) in [6, 6.07) is 2.02. The highest BCUT2D eigenvalue weighted by Gasteiger charge is 2.30. The highest BCUT2D eigenvalue weighted by Crippen LogP contribution is 2.22. The molecule has 1 aromatic heterocycles. The molecule has 0 amide bonds. The summed E-state index contributed by atoms with van der Waals surface area (Å²) in [7, 11) is 0. The van der Waals surface area contributed by atoms with Crippen molar-refractivity contribution in [2.24, 2.45) is 5.73 Å². The molecule has 18 heavy (non-hydrogen) atoms. The van der Waals surface area contributed by atoms with Gasteiger partial charge in [0, 0.05) is 30.0 Å². The SMILES string of the molecule is CCc1cc(C)nc(N2CCC(N)(CO)CC2)n1. The van der Waals surface area contributed by atoms with E-state index in [4.69, 9.17) is 5.73 Å². The summed E-state index contributed by atoms with van der Waals surface area (Å²) in [5, 5.41) is 9.26. The van der Waals surface area contributed by atoms with Crippen LogP contribution in [0.5, 0.6) is 0 Å². The first-order valence-corrected chi connectivity index (χ1v) is 6.55. The maximum absolute atomic E-state index is 9.26. The van der Waals surface area contributed by atoms with Crippen molar-refractivity contribution in [1.29, 1.82) is 0 Å². The summed E-state index contributed by atoms with van der Waals surface area (Å²) >= 11 is 0. The maximum atomic E-state index is 9.26. The minimum Gasteiger partial charge on any atom is -0.394 e. The van der Waals surface area contributed by atoms with Crippen LogP contribution < -0.4 is 10.6 Å². The molecule has 1 fully saturated rings. The Hall–Kier alpha value is -1.20. The molecular weight excluding hydrogens is 228 g/mol. The Morgan fingerprint density at radius 1 is 1.39 bits per heavy atom. The molecule has 0 unspecified atom stereocenters. The summed E-state index contributed by atoms with van der Waals surface area (Å²) < 4.78 is 0. The highest BCUT2D eigenvalue weighted by atomic mass is 16.3. The zero-order valence-electron chi connectivity index (χ0n) is 11.2. The Morgan fingerprint density at radius 2 is 2.06 bits per heavy atom. The molecule has 0 bridgehead atoms. The summed E-state index contributed by atoms with van der Waals surface area (Å²) in [5.41, 5.74) is 7.72. The Morgan fingerprint density at radius 3 is 2.61 bits per heavy atom. The van der Waals surface area contributed by atoms with Crippen molar-refractivity contribution in [2.75, 3.05) is 24.6 Å². The van der Waals surface area contributed by atoms with Crippen molar-refractivity contribution in [3.63, 3.8) is 0 Å². The van der Waals surface area contributed by atoms with Gasteiger partial charge in [0.2, 0.25) is 5.95 Å². The monoisotopic (exact) mass is 250 g/mol. The Bertz CT molecular complexity index is 413. The van der Waals surface area contributed by atoms with Crippen LogP contribution in [0.15, 0.2) is 6.07 Å². The standard InChI is InChI=1S/C13H22N4O/c1-3-11-8-10(2)15-12(16-11)17-6-4-13(14,9-18)5-7-17/h8,18H,3-7,9,14H2,1-2H3. The van der Waals surface area contributed by atoms with Gasteiger partial charge in [0.05, 0.1) is 6.61 Å². The molecule has 0 aromatic carbocycles. The van der Waals surface area contributed by atoms with Gasteiger partial charge < -0.3 is 15.7 Å². The zero-order chi connectivity index (χ0) is 13.2. The van der Waals surface area contributed by atoms with Gasteiger partial charge in [-0.3, -0.25) is 0 Å². The molecule has 0 spiro atoms. The molecule has 1 aliphatic heterocycles. The van der Waals surface area contributed by atoms with Crippen LogP contribution in [0, 0.1) is 6.92 Å². The predicted molar refractivity (Wildman–Crippen MR) is 71.6 cm³/mol. The van der Waals surface area contributed by atoms with Crippen molar-refractivity contribution < 1.29 is 5.11 Å². The third kappa shape index (κ3) is 2.79. The molecule has 100 valence electrons. The van der Waals surface area contributed by atoms with Crippen LogP contribution in [0.4, 0.5) is 5.95 Å². The average molecular weight is 250 g/mol.